The number of aromatic carboxylic acids is 1. The van der Waals surface area contributed by atoms with E-state index in [0.717, 1.165) is 0 Å². The van der Waals surface area contributed by atoms with E-state index in [1.807, 2.05) is 6.92 Å². The third kappa shape index (κ3) is 3.00. The van der Waals surface area contributed by atoms with Gasteiger partial charge in [-0.2, -0.15) is 0 Å². The molecule has 2 aromatic rings. The van der Waals surface area contributed by atoms with Gasteiger partial charge in [-0.25, -0.2) is 4.79 Å². The normalized spacial score (nSPS) is 11.8. The van der Waals surface area contributed by atoms with Crippen molar-refractivity contribution < 1.29 is 20.1 Å². The fourth-order valence-corrected chi connectivity index (χ4v) is 1.98. The molecule has 0 aromatic heterocycles. The predicted octanol–water partition coefficient (Wildman–Crippen LogP) is 2.97. The van der Waals surface area contributed by atoms with Gasteiger partial charge in [-0.05, 0) is 36.8 Å². The summed E-state index contributed by atoms with van der Waals surface area (Å²) < 4.78 is 0. The van der Waals surface area contributed by atoms with Crippen molar-refractivity contribution in [3.63, 3.8) is 0 Å². The lowest BCUT2D eigenvalue weighted by Crippen LogP contribution is -2.10. The zero-order valence-corrected chi connectivity index (χ0v) is 10.9. The van der Waals surface area contributed by atoms with Gasteiger partial charge in [0, 0.05) is 17.8 Å². The number of hydrogen-bond donors (Lipinski definition) is 4. The maximum atomic E-state index is 11.1. The largest absolute Gasteiger partial charge is 0.508 e. The van der Waals surface area contributed by atoms with Crippen molar-refractivity contribution in [2.45, 2.75) is 13.0 Å². The predicted molar refractivity (Wildman–Crippen MR) is 75.2 cm³/mol. The summed E-state index contributed by atoms with van der Waals surface area (Å²) in [4.78, 5) is 11.1. The molecule has 2 aromatic carbocycles. The highest BCUT2D eigenvalue weighted by molar-refractivity contribution is 5.94. The maximum Gasteiger partial charge on any atom is 0.337 e. The Morgan fingerprint density at radius 1 is 1.10 bits per heavy atom. The first-order valence-electron chi connectivity index (χ1n) is 6.09. The molecule has 0 saturated carbocycles. The third-order valence-corrected chi connectivity index (χ3v) is 2.95. The van der Waals surface area contributed by atoms with E-state index in [1.54, 1.807) is 18.2 Å². The first kappa shape index (κ1) is 13.7. The van der Waals surface area contributed by atoms with E-state index in [0.29, 0.717) is 11.3 Å². The van der Waals surface area contributed by atoms with Crippen LogP contribution in [-0.2, 0) is 0 Å². The molecule has 0 spiro atoms. The average Bonchev–Trinajstić information content (AvgIpc) is 2.37. The molecule has 0 bridgehead atoms. The number of carboxylic acid groups (broad SMARTS) is 1. The Morgan fingerprint density at radius 2 is 1.70 bits per heavy atom. The molecule has 1 atom stereocenters. The Hall–Kier alpha value is -2.69. The molecule has 0 aliphatic carbocycles. The molecule has 0 heterocycles. The number of aromatic hydroxyl groups is 2. The molecule has 5 nitrogen and oxygen atoms in total. The van der Waals surface area contributed by atoms with Crippen LogP contribution < -0.4 is 5.32 Å². The maximum absolute atomic E-state index is 11.1. The van der Waals surface area contributed by atoms with Crippen LogP contribution in [0.2, 0.25) is 0 Å². The summed E-state index contributed by atoms with van der Waals surface area (Å²) in [5.74, 6) is -1.10. The van der Waals surface area contributed by atoms with Gasteiger partial charge in [0.15, 0.2) is 0 Å². The van der Waals surface area contributed by atoms with Gasteiger partial charge in [0.05, 0.1) is 5.56 Å². The van der Waals surface area contributed by atoms with Gasteiger partial charge in [0.2, 0.25) is 0 Å². The second-order valence-corrected chi connectivity index (χ2v) is 4.50. The van der Waals surface area contributed by atoms with E-state index in [1.165, 1.54) is 24.3 Å². The number of anilines is 1. The van der Waals surface area contributed by atoms with Crippen molar-refractivity contribution in [2.24, 2.45) is 0 Å². The van der Waals surface area contributed by atoms with Crippen molar-refractivity contribution in [3.8, 4) is 11.5 Å². The van der Waals surface area contributed by atoms with Gasteiger partial charge in [-0.3, -0.25) is 0 Å². The molecule has 1 unspecified atom stereocenters. The fourth-order valence-electron chi connectivity index (χ4n) is 1.98. The summed E-state index contributed by atoms with van der Waals surface area (Å²) in [6, 6.07) is 10.6. The van der Waals surface area contributed by atoms with Crippen molar-refractivity contribution >= 4 is 11.7 Å². The number of rotatable bonds is 4. The van der Waals surface area contributed by atoms with Crippen LogP contribution in [0.3, 0.4) is 0 Å². The molecule has 5 heteroatoms. The minimum Gasteiger partial charge on any atom is -0.508 e. The van der Waals surface area contributed by atoms with E-state index in [2.05, 4.69) is 5.32 Å². The Morgan fingerprint density at radius 3 is 2.30 bits per heavy atom. The van der Waals surface area contributed by atoms with E-state index in [4.69, 9.17) is 5.11 Å². The van der Waals surface area contributed by atoms with Gasteiger partial charge in [-0.1, -0.05) is 12.1 Å². The number of para-hydroxylation sites is 1. The minimum absolute atomic E-state index is 0.0415. The standard InChI is InChI=1S/C15H15NO4/c1-9(10-6-11(17)8-12(18)7-10)16-14-5-3-2-4-13(14)15(19)20/h2-9,16-18H,1H3,(H,19,20). The smallest absolute Gasteiger partial charge is 0.337 e. The molecule has 0 radical (unpaired) electrons. The molecule has 0 aliphatic rings. The Labute approximate surface area is 116 Å². The highest BCUT2D eigenvalue weighted by Gasteiger charge is 2.13. The lowest BCUT2D eigenvalue weighted by Gasteiger charge is -2.17. The molecule has 104 valence electrons. The van der Waals surface area contributed by atoms with Gasteiger partial charge in [0.25, 0.3) is 0 Å². The fraction of sp³-hybridized carbons (Fsp3) is 0.133. The summed E-state index contributed by atoms with van der Waals surface area (Å²) in [6.07, 6.45) is 0. The monoisotopic (exact) mass is 273 g/mol. The van der Waals surface area contributed by atoms with Gasteiger partial charge >= 0.3 is 5.97 Å². The van der Waals surface area contributed by atoms with E-state index in [-0.39, 0.29) is 23.1 Å². The number of carbonyl (C=O) groups is 1. The molecule has 20 heavy (non-hydrogen) atoms. The summed E-state index contributed by atoms with van der Waals surface area (Å²) in [7, 11) is 0. The van der Waals surface area contributed by atoms with E-state index < -0.39 is 5.97 Å². The average molecular weight is 273 g/mol. The summed E-state index contributed by atoms with van der Waals surface area (Å²) in [5, 5.41) is 31.1. The van der Waals surface area contributed by atoms with Crippen LogP contribution in [0.1, 0.15) is 28.9 Å². The van der Waals surface area contributed by atoms with Gasteiger partial charge in [-0.15, -0.1) is 0 Å². The number of nitrogens with one attached hydrogen (secondary N) is 1. The first-order chi connectivity index (χ1) is 9.47. The quantitative estimate of drug-likeness (QED) is 0.687. The van der Waals surface area contributed by atoms with Crippen LogP contribution in [0.25, 0.3) is 0 Å². The zero-order chi connectivity index (χ0) is 14.7. The van der Waals surface area contributed by atoms with Gasteiger partial charge < -0.3 is 20.6 Å². The van der Waals surface area contributed by atoms with Crippen LogP contribution in [0.15, 0.2) is 42.5 Å². The lowest BCUT2D eigenvalue weighted by atomic mass is 10.1. The van der Waals surface area contributed by atoms with Crippen molar-refractivity contribution in [1.29, 1.82) is 0 Å². The van der Waals surface area contributed by atoms with Crippen LogP contribution in [0.4, 0.5) is 5.69 Å². The minimum atomic E-state index is -1.01. The van der Waals surface area contributed by atoms with E-state index >= 15 is 0 Å². The van der Waals surface area contributed by atoms with Crippen LogP contribution >= 0.6 is 0 Å². The van der Waals surface area contributed by atoms with Crippen LogP contribution in [0, 0.1) is 0 Å². The highest BCUT2D eigenvalue weighted by Crippen LogP contribution is 2.28. The Kier molecular flexibility index (Phi) is 3.79. The van der Waals surface area contributed by atoms with E-state index in [9.17, 15) is 15.0 Å². The number of benzene rings is 2. The second kappa shape index (κ2) is 5.52. The van der Waals surface area contributed by atoms with Crippen LogP contribution in [0.5, 0.6) is 11.5 Å². The zero-order valence-electron chi connectivity index (χ0n) is 10.9. The Balaban J connectivity index is 2.28. The number of phenolic OH excluding ortho intramolecular Hbond substituents is 2. The van der Waals surface area contributed by atoms with Crippen molar-refractivity contribution in [2.75, 3.05) is 5.32 Å². The summed E-state index contributed by atoms with van der Waals surface area (Å²) >= 11 is 0. The Bertz CT molecular complexity index is 619. The SMILES string of the molecule is CC(Nc1ccccc1C(=O)O)c1cc(O)cc(O)c1. The van der Waals surface area contributed by atoms with Crippen molar-refractivity contribution in [3.05, 3.63) is 53.6 Å². The third-order valence-electron chi connectivity index (χ3n) is 2.95. The first-order valence-corrected chi connectivity index (χ1v) is 6.09. The number of phenols is 2. The molecule has 0 saturated heterocycles. The molecular formula is C15H15NO4. The second-order valence-electron chi connectivity index (χ2n) is 4.50. The molecule has 0 fully saturated rings. The van der Waals surface area contributed by atoms with Crippen molar-refractivity contribution in [1.82, 2.24) is 0 Å². The lowest BCUT2D eigenvalue weighted by molar-refractivity contribution is 0.0698. The molecular weight excluding hydrogens is 258 g/mol. The van der Waals surface area contributed by atoms with Crippen LogP contribution in [-0.4, -0.2) is 21.3 Å². The van der Waals surface area contributed by atoms with Gasteiger partial charge in [0.1, 0.15) is 11.5 Å². The summed E-state index contributed by atoms with van der Waals surface area (Å²) in [5.41, 5.74) is 1.31. The molecule has 2 rings (SSSR count). The topological polar surface area (TPSA) is 89.8 Å². The number of hydrogen-bond acceptors (Lipinski definition) is 4. The molecule has 4 N–H and O–H groups in total. The summed E-state index contributed by atoms with van der Waals surface area (Å²) in [6.45, 7) is 1.81. The molecule has 0 amide bonds. The molecule has 0 aliphatic heterocycles. The number of carboxylic acids is 1. The highest BCUT2D eigenvalue weighted by atomic mass is 16.4.